The summed E-state index contributed by atoms with van der Waals surface area (Å²) in [6.45, 7) is 11.2. The van der Waals surface area contributed by atoms with Crippen molar-refractivity contribution in [3.8, 4) is 0 Å². The average Bonchev–Trinajstić information content (AvgIpc) is 2.59. The van der Waals surface area contributed by atoms with Crippen molar-refractivity contribution < 1.29 is 0 Å². The Morgan fingerprint density at radius 2 is 2.29 bits per heavy atom. The van der Waals surface area contributed by atoms with Crippen LogP contribution >= 0.6 is 0 Å². The van der Waals surface area contributed by atoms with E-state index in [9.17, 15) is 0 Å². The predicted octanol–water partition coefficient (Wildman–Crippen LogP) is 2.03. The van der Waals surface area contributed by atoms with Gasteiger partial charge in [-0.1, -0.05) is 18.6 Å². The largest absolute Gasteiger partial charge is 0.312 e. The van der Waals surface area contributed by atoms with Crippen molar-refractivity contribution in [2.45, 2.75) is 39.7 Å². The fourth-order valence-electron chi connectivity index (χ4n) is 2.07. The maximum atomic E-state index is 3.50. The molecule has 0 amide bonds. The molecular formula is C12H24N2. The third-order valence-electron chi connectivity index (χ3n) is 2.94. The lowest BCUT2D eigenvalue weighted by atomic mass is 10.2. The molecule has 0 saturated carbocycles. The molecule has 1 fully saturated rings. The van der Waals surface area contributed by atoms with Gasteiger partial charge in [0.2, 0.25) is 0 Å². The summed E-state index contributed by atoms with van der Waals surface area (Å²) in [5, 5.41) is 3.50. The maximum absolute atomic E-state index is 3.50. The molecule has 1 unspecified atom stereocenters. The van der Waals surface area contributed by atoms with Crippen molar-refractivity contribution in [3.05, 3.63) is 11.6 Å². The lowest BCUT2D eigenvalue weighted by molar-refractivity contribution is 0.262. The molecule has 82 valence electrons. The Bertz CT molecular complexity index is 183. The van der Waals surface area contributed by atoms with Crippen molar-refractivity contribution in [2.75, 3.05) is 26.2 Å². The quantitative estimate of drug-likeness (QED) is 0.534. The van der Waals surface area contributed by atoms with E-state index in [0.717, 1.165) is 19.1 Å². The lowest BCUT2D eigenvalue weighted by Gasteiger charge is -2.22. The average molecular weight is 196 g/mol. The van der Waals surface area contributed by atoms with Crippen LogP contribution in [0.5, 0.6) is 0 Å². The number of allylic oxidation sites excluding steroid dienone is 1. The van der Waals surface area contributed by atoms with Crippen LogP contribution in [0.2, 0.25) is 0 Å². The molecule has 0 aromatic carbocycles. The molecule has 2 heteroatoms. The van der Waals surface area contributed by atoms with Gasteiger partial charge in [0.1, 0.15) is 0 Å². The van der Waals surface area contributed by atoms with Crippen LogP contribution in [0.25, 0.3) is 0 Å². The van der Waals surface area contributed by atoms with Gasteiger partial charge in [-0.15, -0.1) is 0 Å². The van der Waals surface area contributed by atoms with Crippen LogP contribution in [0.15, 0.2) is 11.6 Å². The van der Waals surface area contributed by atoms with Crippen LogP contribution in [0.3, 0.4) is 0 Å². The third-order valence-corrected chi connectivity index (χ3v) is 2.94. The molecule has 0 aliphatic carbocycles. The standard InChI is InChI=1S/C12H24N2/c1-4-14-9-5-6-12(14)10-13-8-7-11(2)3/h7,12-13H,4-6,8-10H2,1-3H3. The molecule has 0 radical (unpaired) electrons. The number of likely N-dealkylation sites (N-methyl/N-ethyl adjacent to an activating group) is 1. The topological polar surface area (TPSA) is 15.3 Å². The third kappa shape index (κ3) is 3.81. The summed E-state index contributed by atoms with van der Waals surface area (Å²) in [5.41, 5.74) is 1.40. The lowest BCUT2D eigenvalue weighted by Crippen LogP contribution is -2.37. The maximum Gasteiger partial charge on any atom is 0.0221 e. The molecule has 1 aliphatic rings. The van der Waals surface area contributed by atoms with Crippen LogP contribution in [0.4, 0.5) is 0 Å². The van der Waals surface area contributed by atoms with Gasteiger partial charge in [-0.05, 0) is 39.8 Å². The number of hydrogen-bond acceptors (Lipinski definition) is 2. The second-order valence-corrected chi connectivity index (χ2v) is 4.36. The van der Waals surface area contributed by atoms with E-state index in [1.54, 1.807) is 0 Å². The van der Waals surface area contributed by atoms with Gasteiger partial charge in [-0.3, -0.25) is 4.90 Å². The molecule has 1 aliphatic heterocycles. The molecule has 14 heavy (non-hydrogen) atoms. The first kappa shape index (κ1) is 11.7. The van der Waals surface area contributed by atoms with E-state index in [0.29, 0.717) is 0 Å². The van der Waals surface area contributed by atoms with E-state index in [-0.39, 0.29) is 0 Å². The zero-order chi connectivity index (χ0) is 10.4. The second-order valence-electron chi connectivity index (χ2n) is 4.36. The molecule has 2 nitrogen and oxygen atoms in total. The number of nitrogens with one attached hydrogen (secondary N) is 1. The van der Waals surface area contributed by atoms with Gasteiger partial charge in [0, 0.05) is 19.1 Å². The summed E-state index contributed by atoms with van der Waals surface area (Å²) in [7, 11) is 0. The smallest absolute Gasteiger partial charge is 0.0221 e. The van der Waals surface area contributed by atoms with Gasteiger partial charge in [0.05, 0.1) is 0 Å². The minimum Gasteiger partial charge on any atom is -0.312 e. The van der Waals surface area contributed by atoms with E-state index >= 15 is 0 Å². The monoisotopic (exact) mass is 196 g/mol. The normalized spacial score (nSPS) is 22.6. The van der Waals surface area contributed by atoms with Crippen molar-refractivity contribution in [1.29, 1.82) is 0 Å². The van der Waals surface area contributed by atoms with Gasteiger partial charge in [-0.25, -0.2) is 0 Å². The summed E-state index contributed by atoms with van der Waals surface area (Å²) >= 11 is 0. The zero-order valence-electron chi connectivity index (χ0n) is 9.84. The Morgan fingerprint density at radius 1 is 1.50 bits per heavy atom. The molecule has 0 spiro atoms. The SMILES string of the molecule is CCN1CCCC1CNCC=C(C)C. The summed E-state index contributed by atoms with van der Waals surface area (Å²) < 4.78 is 0. The van der Waals surface area contributed by atoms with Gasteiger partial charge in [0.25, 0.3) is 0 Å². The van der Waals surface area contributed by atoms with Gasteiger partial charge in [0.15, 0.2) is 0 Å². The fraction of sp³-hybridized carbons (Fsp3) is 0.833. The van der Waals surface area contributed by atoms with E-state index < -0.39 is 0 Å². The highest BCUT2D eigenvalue weighted by molar-refractivity contribution is 4.94. The first-order chi connectivity index (χ1) is 6.74. The molecule has 0 bridgehead atoms. The summed E-state index contributed by atoms with van der Waals surface area (Å²) in [6.07, 6.45) is 5.00. The number of hydrogen-bond donors (Lipinski definition) is 1. The number of likely N-dealkylation sites (tertiary alicyclic amines) is 1. The van der Waals surface area contributed by atoms with Gasteiger partial charge < -0.3 is 5.32 Å². The van der Waals surface area contributed by atoms with Gasteiger partial charge in [-0.2, -0.15) is 0 Å². The Morgan fingerprint density at radius 3 is 2.93 bits per heavy atom. The summed E-state index contributed by atoms with van der Waals surface area (Å²) in [4.78, 5) is 2.58. The van der Waals surface area contributed by atoms with Crippen molar-refractivity contribution >= 4 is 0 Å². The minimum absolute atomic E-state index is 0.783. The van der Waals surface area contributed by atoms with E-state index in [4.69, 9.17) is 0 Å². The summed E-state index contributed by atoms with van der Waals surface area (Å²) in [5.74, 6) is 0. The molecule has 0 aromatic rings. The molecule has 1 heterocycles. The van der Waals surface area contributed by atoms with Crippen molar-refractivity contribution in [1.82, 2.24) is 10.2 Å². The van der Waals surface area contributed by atoms with Crippen molar-refractivity contribution in [2.24, 2.45) is 0 Å². The van der Waals surface area contributed by atoms with E-state index in [1.165, 1.54) is 31.5 Å². The Balaban J connectivity index is 2.14. The second kappa shape index (κ2) is 6.20. The highest BCUT2D eigenvalue weighted by Crippen LogP contribution is 2.15. The molecule has 0 aromatic heterocycles. The highest BCUT2D eigenvalue weighted by Gasteiger charge is 2.21. The predicted molar refractivity (Wildman–Crippen MR) is 62.6 cm³/mol. The number of rotatable bonds is 5. The number of nitrogens with zero attached hydrogens (tertiary/aromatic N) is 1. The van der Waals surface area contributed by atoms with Crippen LogP contribution in [0, 0.1) is 0 Å². The molecule has 1 saturated heterocycles. The molecule has 1 rings (SSSR count). The molecule has 1 atom stereocenters. The van der Waals surface area contributed by atoms with Crippen LogP contribution in [0.1, 0.15) is 33.6 Å². The molecule has 1 N–H and O–H groups in total. The summed E-state index contributed by atoms with van der Waals surface area (Å²) in [6, 6.07) is 0.783. The minimum atomic E-state index is 0.783. The first-order valence-electron chi connectivity index (χ1n) is 5.82. The van der Waals surface area contributed by atoms with E-state index in [2.05, 4.69) is 37.1 Å². The van der Waals surface area contributed by atoms with E-state index in [1.807, 2.05) is 0 Å². The van der Waals surface area contributed by atoms with Crippen molar-refractivity contribution in [3.63, 3.8) is 0 Å². The first-order valence-corrected chi connectivity index (χ1v) is 5.82. The zero-order valence-corrected chi connectivity index (χ0v) is 9.84. The highest BCUT2D eigenvalue weighted by atomic mass is 15.2. The Hall–Kier alpha value is -0.340. The molecular weight excluding hydrogens is 172 g/mol. The van der Waals surface area contributed by atoms with Gasteiger partial charge >= 0.3 is 0 Å². The van der Waals surface area contributed by atoms with Crippen LogP contribution in [-0.4, -0.2) is 37.1 Å². The Labute approximate surface area is 88.4 Å². The Kier molecular flexibility index (Phi) is 5.20. The van der Waals surface area contributed by atoms with Crippen LogP contribution in [-0.2, 0) is 0 Å². The van der Waals surface area contributed by atoms with Crippen LogP contribution < -0.4 is 5.32 Å². The fourth-order valence-corrected chi connectivity index (χ4v) is 2.07.